The number of thiophene rings is 1. The molecule has 3 N–H and O–H groups in total. The Balaban J connectivity index is 2.66. The number of hydrogen-bond acceptors (Lipinski definition) is 5. The van der Waals surface area contributed by atoms with Gasteiger partial charge in [-0.1, -0.05) is 0 Å². The number of hydrogen-bond donors (Lipinski definition) is 2. The van der Waals surface area contributed by atoms with Crippen molar-refractivity contribution in [2.75, 3.05) is 18.6 Å². The summed E-state index contributed by atoms with van der Waals surface area (Å²) in [5.41, 5.74) is 5.40. The molecule has 1 atom stereocenters. The van der Waals surface area contributed by atoms with Crippen molar-refractivity contribution < 1.29 is 12.6 Å². The molecule has 1 aromatic rings. The number of rotatable bonds is 6. The fraction of sp³-hybridized carbons (Fsp3) is 0.500. The van der Waals surface area contributed by atoms with Crippen LogP contribution >= 0.6 is 11.3 Å². The molecule has 0 fully saturated rings. The summed E-state index contributed by atoms with van der Waals surface area (Å²) in [6, 6.07) is 3.22. The molecule has 0 aliphatic carbocycles. The molecule has 1 heterocycles. The zero-order valence-corrected chi connectivity index (χ0v) is 11.3. The minimum atomic E-state index is -3.47. The van der Waals surface area contributed by atoms with Crippen molar-refractivity contribution >= 4 is 32.2 Å². The van der Waals surface area contributed by atoms with Gasteiger partial charge in [0, 0.05) is 40.8 Å². The average molecular weight is 282 g/mol. The van der Waals surface area contributed by atoms with Gasteiger partial charge in [0.1, 0.15) is 4.21 Å². The molecule has 0 spiro atoms. The first-order valence-corrected chi connectivity index (χ1v) is 8.57. The lowest BCUT2D eigenvalue weighted by molar-refractivity contribution is 0.586. The molecule has 0 radical (unpaired) electrons. The van der Waals surface area contributed by atoms with Crippen LogP contribution in [-0.2, 0) is 27.4 Å². The third kappa shape index (κ3) is 3.95. The van der Waals surface area contributed by atoms with Crippen molar-refractivity contribution in [2.24, 2.45) is 5.73 Å². The normalized spacial score (nSPS) is 13.9. The zero-order valence-electron chi connectivity index (χ0n) is 8.80. The Morgan fingerprint density at radius 1 is 1.50 bits per heavy atom. The first-order chi connectivity index (χ1) is 7.45. The van der Waals surface area contributed by atoms with Gasteiger partial charge < -0.3 is 5.73 Å². The molecule has 0 saturated carbocycles. The third-order valence-electron chi connectivity index (χ3n) is 1.78. The van der Waals surface area contributed by atoms with Gasteiger partial charge in [-0.25, -0.2) is 13.1 Å². The van der Waals surface area contributed by atoms with Gasteiger partial charge in [0.2, 0.25) is 10.0 Å². The van der Waals surface area contributed by atoms with Crippen LogP contribution in [0, 0.1) is 0 Å². The second-order valence-electron chi connectivity index (χ2n) is 3.10. The van der Waals surface area contributed by atoms with Crippen molar-refractivity contribution in [1.82, 2.24) is 4.72 Å². The smallest absolute Gasteiger partial charge is 0.250 e. The summed E-state index contributed by atoms with van der Waals surface area (Å²) < 4.78 is 36.8. The van der Waals surface area contributed by atoms with E-state index in [1.807, 2.05) is 0 Å². The van der Waals surface area contributed by atoms with E-state index in [9.17, 15) is 12.6 Å². The first-order valence-electron chi connectivity index (χ1n) is 4.54. The summed E-state index contributed by atoms with van der Waals surface area (Å²) in [7, 11) is -4.46. The Hall–Kier alpha value is -0.280. The average Bonchev–Trinajstić information content (AvgIpc) is 2.65. The molecular weight excluding hydrogens is 268 g/mol. The lowest BCUT2D eigenvalue weighted by atomic mass is 10.5. The second kappa shape index (κ2) is 5.87. The summed E-state index contributed by atoms with van der Waals surface area (Å²) in [4.78, 5) is 0.819. The molecule has 0 aliphatic rings. The summed E-state index contributed by atoms with van der Waals surface area (Å²) in [5.74, 6) is 0.314. The fourth-order valence-electron chi connectivity index (χ4n) is 1.00. The predicted molar refractivity (Wildman–Crippen MR) is 66.3 cm³/mol. The highest BCUT2D eigenvalue weighted by Crippen LogP contribution is 2.20. The second-order valence-corrected chi connectivity index (χ2v) is 7.82. The third-order valence-corrected chi connectivity index (χ3v) is 5.62. The van der Waals surface area contributed by atoms with Crippen LogP contribution in [0.3, 0.4) is 0 Å². The van der Waals surface area contributed by atoms with Crippen LogP contribution in [0.25, 0.3) is 0 Å². The minimum absolute atomic E-state index is 0.182. The molecule has 16 heavy (non-hydrogen) atoms. The van der Waals surface area contributed by atoms with Crippen LogP contribution in [0.4, 0.5) is 0 Å². The highest BCUT2D eigenvalue weighted by molar-refractivity contribution is 7.91. The van der Waals surface area contributed by atoms with Gasteiger partial charge in [0.25, 0.3) is 0 Å². The van der Waals surface area contributed by atoms with Crippen molar-refractivity contribution in [3.63, 3.8) is 0 Å². The van der Waals surface area contributed by atoms with Gasteiger partial charge in [-0.15, -0.1) is 11.3 Å². The molecule has 92 valence electrons. The molecular formula is C8H14N2O3S3. The standard InChI is InChI=1S/C8H14N2O3S3/c1-15(11)5-4-10-16(12,13)8-3-2-7(6-9)14-8/h2-3,10H,4-6,9H2,1H3. The van der Waals surface area contributed by atoms with Crippen molar-refractivity contribution in [3.8, 4) is 0 Å². The van der Waals surface area contributed by atoms with E-state index in [4.69, 9.17) is 5.73 Å². The molecule has 1 rings (SSSR count). The molecule has 5 nitrogen and oxygen atoms in total. The largest absolute Gasteiger partial charge is 0.326 e. The fourth-order valence-corrected chi connectivity index (χ4v) is 3.83. The molecule has 1 unspecified atom stereocenters. The minimum Gasteiger partial charge on any atom is -0.326 e. The van der Waals surface area contributed by atoms with Crippen LogP contribution in [0.5, 0.6) is 0 Å². The van der Waals surface area contributed by atoms with Gasteiger partial charge in [-0.2, -0.15) is 0 Å². The molecule has 0 saturated heterocycles. The Labute approximate surface area is 102 Å². The Bertz CT molecular complexity index is 467. The van der Waals surface area contributed by atoms with Gasteiger partial charge in [0.15, 0.2) is 0 Å². The lowest BCUT2D eigenvalue weighted by Crippen LogP contribution is -2.27. The molecule has 0 aliphatic heterocycles. The lowest BCUT2D eigenvalue weighted by Gasteiger charge is -2.02. The van der Waals surface area contributed by atoms with Gasteiger partial charge in [-0.3, -0.25) is 4.21 Å². The Morgan fingerprint density at radius 2 is 2.19 bits per heavy atom. The van der Waals surface area contributed by atoms with E-state index in [2.05, 4.69) is 4.72 Å². The van der Waals surface area contributed by atoms with E-state index < -0.39 is 20.8 Å². The summed E-state index contributed by atoms with van der Waals surface area (Å²) in [6.45, 7) is 0.514. The summed E-state index contributed by atoms with van der Waals surface area (Å²) >= 11 is 1.15. The molecule has 1 aromatic heterocycles. The summed E-state index contributed by atoms with van der Waals surface area (Å²) in [5, 5.41) is 0. The monoisotopic (exact) mass is 282 g/mol. The van der Waals surface area contributed by atoms with E-state index in [-0.39, 0.29) is 10.8 Å². The van der Waals surface area contributed by atoms with Crippen LogP contribution < -0.4 is 10.5 Å². The predicted octanol–water partition coefficient (Wildman–Crippen LogP) is -0.136. The highest BCUT2D eigenvalue weighted by Gasteiger charge is 2.15. The van der Waals surface area contributed by atoms with Crippen molar-refractivity contribution in [3.05, 3.63) is 17.0 Å². The van der Waals surface area contributed by atoms with Crippen molar-refractivity contribution in [2.45, 2.75) is 10.8 Å². The molecule has 8 heteroatoms. The van der Waals surface area contributed by atoms with Gasteiger partial charge in [0.05, 0.1) is 0 Å². The number of nitrogens with two attached hydrogens (primary N) is 1. The Kier molecular flexibility index (Phi) is 5.06. The topological polar surface area (TPSA) is 89.3 Å². The van der Waals surface area contributed by atoms with Crippen LogP contribution in [-0.4, -0.2) is 31.2 Å². The maximum absolute atomic E-state index is 11.7. The SMILES string of the molecule is CS(=O)CCNS(=O)(=O)c1ccc(CN)s1. The molecule has 0 bridgehead atoms. The Morgan fingerprint density at radius 3 is 2.69 bits per heavy atom. The van der Waals surface area contributed by atoms with E-state index in [0.29, 0.717) is 12.3 Å². The van der Waals surface area contributed by atoms with Gasteiger partial charge >= 0.3 is 0 Å². The van der Waals surface area contributed by atoms with E-state index in [0.717, 1.165) is 16.2 Å². The maximum atomic E-state index is 11.7. The van der Waals surface area contributed by atoms with Crippen molar-refractivity contribution in [1.29, 1.82) is 0 Å². The zero-order chi connectivity index (χ0) is 12.2. The number of nitrogens with one attached hydrogen (secondary N) is 1. The maximum Gasteiger partial charge on any atom is 0.250 e. The molecule has 0 aromatic carbocycles. The quantitative estimate of drug-likeness (QED) is 0.760. The van der Waals surface area contributed by atoms with Crippen LogP contribution in [0.2, 0.25) is 0 Å². The summed E-state index contributed by atoms with van der Waals surface area (Å²) in [6.07, 6.45) is 1.53. The first kappa shape index (κ1) is 13.8. The van der Waals surface area contributed by atoms with E-state index >= 15 is 0 Å². The van der Waals surface area contributed by atoms with E-state index in [1.165, 1.54) is 12.3 Å². The number of sulfonamides is 1. The van der Waals surface area contributed by atoms with Gasteiger partial charge in [-0.05, 0) is 12.1 Å². The molecule has 0 amide bonds. The highest BCUT2D eigenvalue weighted by atomic mass is 32.2. The van der Waals surface area contributed by atoms with E-state index in [1.54, 1.807) is 6.07 Å². The van der Waals surface area contributed by atoms with Crippen LogP contribution in [0.1, 0.15) is 4.88 Å². The van der Waals surface area contributed by atoms with Crippen LogP contribution in [0.15, 0.2) is 16.3 Å².